The van der Waals surface area contributed by atoms with E-state index in [9.17, 15) is 14.0 Å². The average Bonchev–Trinajstić information content (AvgIpc) is 2.87. The van der Waals surface area contributed by atoms with Gasteiger partial charge in [0.25, 0.3) is 0 Å². The first-order valence-corrected chi connectivity index (χ1v) is 12.1. The molecule has 35 heavy (non-hydrogen) atoms. The van der Waals surface area contributed by atoms with Gasteiger partial charge in [0.1, 0.15) is 5.82 Å². The highest BCUT2D eigenvalue weighted by molar-refractivity contribution is 6.31. The van der Waals surface area contributed by atoms with Crippen molar-refractivity contribution in [1.29, 1.82) is 0 Å². The molecule has 3 heterocycles. The third kappa shape index (κ3) is 4.25. The summed E-state index contributed by atoms with van der Waals surface area (Å²) in [7, 11) is 0. The van der Waals surface area contributed by atoms with Crippen molar-refractivity contribution in [3.8, 4) is 0 Å². The van der Waals surface area contributed by atoms with Crippen molar-refractivity contribution in [3.63, 3.8) is 0 Å². The summed E-state index contributed by atoms with van der Waals surface area (Å²) in [6.45, 7) is 2.78. The molecule has 2 saturated heterocycles. The molecular formula is C27H26ClFN4O2. The minimum Gasteiger partial charge on any atom is -0.331 e. The second-order valence-corrected chi connectivity index (χ2v) is 9.61. The molecule has 1 unspecified atom stereocenters. The molecule has 6 nitrogen and oxygen atoms in total. The first-order valence-electron chi connectivity index (χ1n) is 11.7. The van der Waals surface area contributed by atoms with Gasteiger partial charge in [-0.3, -0.25) is 9.78 Å². The number of amides is 3. The molecule has 0 bridgehead atoms. The number of urea groups is 1. The van der Waals surface area contributed by atoms with Crippen LogP contribution in [0, 0.1) is 11.2 Å². The van der Waals surface area contributed by atoms with Crippen molar-refractivity contribution >= 4 is 29.2 Å². The van der Waals surface area contributed by atoms with E-state index in [4.69, 9.17) is 11.6 Å². The summed E-state index contributed by atoms with van der Waals surface area (Å²) in [5, 5.41) is 3.55. The number of rotatable bonds is 4. The zero-order valence-electron chi connectivity index (χ0n) is 19.3. The van der Waals surface area contributed by atoms with Gasteiger partial charge in [-0.1, -0.05) is 35.9 Å². The van der Waals surface area contributed by atoms with Gasteiger partial charge in [0.05, 0.1) is 23.2 Å². The summed E-state index contributed by atoms with van der Waals surface area (Å²) in [6.07, 6.45) is 2.83. The highest BCUT2D eigenvalue weighted by Gasteiger charge is 2.62. The summed E-state index contributed by atoms with van der Waals surface area (Å²) in [6, 6.07) is 18.4. The maximum Gasteiger partial charge on any atom is 0.317 e. The van der Waals surface area contributed by atoms with Crippen LogP contribution in [0.25, 0.3) is 0 Å². The van der Waals surface area contributed by atoms with Gasteiger partial charge >= 0.3 is 6.03 Å². The summed E-state index contributed by atoms with van der Waals surface area (Å²) in [5.41, 5.74) is 1.79. The molecule has 1 spiro atoms. The first-order chi connectivity index (χ1) is 16.9. The van der Waals surface area contributed by atoms with E-state index in [-0.39, 0.29) is 29.8 Å². The smallest absolute Gasteiger partial charge is 0.317 e. The SMILES string of the molecule is C[C@@H](NC(=O)N1CCC2(CC1)C(=O)N(c1cccc(Cl)c1)C2c1ccccn1)c1ccc(F)cc1. The van der Waals surface area contributed by atoms with Crippen LogP contribution in [0.4, 0.5) is 14.9 Å². The number of halogens is 2. The van der Waals surface area contributed by atoms with E-state index in [0.717, 1.165) is 16.9 Å². The number of nitrogens with one attached hydrogen (secondary N) is 1. The van der Waals surface area contributed by atoms with Gasteiger partial charge in [0, 0.05) is 30.0 Å². The van der Waals surface area contributed by atoms with Crippen LogP contribution in [0.5, 0.6) is 0 Å². The van der Waals surface area contributed by atoms with Crippen molar-refractivity contribution in [2.24, 2.45) is 5.41 Å². The maximum absolute atomic E-state index is 13.6. The molecule has 1 N–H and O–H groups in total. The summed E-state index contributed by atoms with van der Waals surface area (Å²) in [5.74, 6) is -0.275. The standard InChI is InChI=1S/C27H26ClFN4O2/c1-18(19-8-10-21(29)11-9-19)31-26(35)32-15-12-27(13-16-32)24(23-7-2-3-14-30-23)33(25(27)34)22-6-4-5-20(28)17-22/h2-11,14,17-18,24H,12-13,15-16H2,1H3,(H,31,35)/t18-,24?/m1/s1. The van der Waals surface area contributed by atoms with E-state index in [1.807, 2.05) is 37.3 Å². The van der Waals surface area contributed by atoms with Crippen LogP contribution in [-0.4, -0.2) is 34.9 Å². The molecule has 2 atom stereocenters. The third-order valence-electron chi connectivity index (χ3n) is 7.13. The van der Waals surface area contributed by atoms with Crippen LogP contribution >= 0.6 is 11.6 Å². The van der Waals surface area contributed by atoms with Gasteiger partial charge in [-0.15, -0.1) is 0 Å². The van der Waals surface area contributed by atoms with Crippen molar-refractivity contribution in [2.75, 3.05) is 18.0 Å². The molecule has 2 aromatic carbocycles. The Bertz CT molecular complexity index is 1230. The van der Waals surface area contributed by atoms with Gasteiger partial charge in [-0.05, 0) is 67.8 Å². The van der Waals surface area contributed by atoms with E-state index in [1.165, 1.54) is 12.1 Å². The van der Waals surface area contributed by atoms with Crippen molar-refractivity contribution in [2.45, 2.75) is 31.8 Å². The van der Waals surface area contributed by atoms with Crippen molar-refractivity contribution < 1.29 is 14.0 Å². The number of benzene rings is 2. The Labute approximate surface area is 208 Å². The van der Waals surface area contributed by atoms with Crippen LogP contribution < -0.4 is 10.2 Å². The Balaban J connectivity index is 1.32. The fourth-order valence-corrected chi connectivity index (χ4v) is 5.39. The van der Waals surface area contributed by atoms with Crippen LogP contribution in [0.3, 0.4) is 0 Å². The molecule has 2 fully saturated rings. The lowest BCUT2D eigenvalue weighted by molar-refractivity contribution is -0.144. The number of hydrogen-bond acceptors (Lipinski definition) is 3. The monoisotopic (exact) mass is 492 g/mol. The van der Waals surface area contributed by atoms with Gasteiger partial charge in [0.2, 0.25) is 5.91 Å². The van der Waals surface area contributed by atoms with Crippen molar-refractivity contribution in [1.82, 2.24) is 15.2 Å². The molecule has 5 rings (SSSR count). The average molecular weight is 493 g/mol. The second kappa shape index (κ2) is 9.30. The minimum absolute atomic E-state index is 0.0372. The van der Waals surface area contributed by atoms with E-state index in [1.54, 1.807) is 40.3 Å². The number of piperidine rings is 1. The number of carbonyl (C=O) groups excluding carboxylic acids is 2. The maximum atomic E-state index is 13.6. The van der Waals surface area contributed by atoms with Crippen LogP contribution in [0.15, 0.2) is 72.9 Å². The predicted octanol–water partition coefficient (Wildman–Crippen LogP) is 5.52. The number of pyridine rings is 1. The Kier molecular flexibility index (Phi) is 6.19. The van der Waals surface area contributed by atoms with E-state index < -0.39 is 5.41 Å². The molecule has 0 saturated carbocycles. The second-order valence-electron chi connectivity index (χ2n) is 9.18. The summed E-state index contributed by atoms with van der Waals surface area (Å²) in [4.78, 5) is 34.6. The van der Waals surface area contributed by atoms with Gasteiger partial charge in [0.15, 0.2) is 0 Å². The van der Waals surface area contributed by atoms with Crippen molar-refractivity contribution in [3.05, 3.63) is 95.0 Å². The lowest BCUT2D eigenvalue weighted by Crippen LogP contribution is -2.67. The number of carbonyl (C=O) groups is 2. The van der Waals surface area contributed by atoms with Gasteiger partial charge in [-0.25, -0.2) is 9.18 Å². The highest BCUT2D eigenvalue weighted by atomic mass is 35.5. The molecule has 0 radical (unpaired) electrons. The fourth-order valence-electron chi connectivity index (χ4n) is 5.21. The zero-order valence-corrected chi connectivity index (χ0v) is 20.1. The summed E-state index contributed by atoms with van der Waals surface area (Å²) >= 11 is 6.21. The van der Waals surface area contributed by atoms with Gasteiger partial charge < -0.3 is 15.1 Å². The van der Waals surface area contributed by atoms with Crippen LogP contribution in [-0.2, 0) is 4.79 Å². The zero-order chi connectivity index (χ0) is 24.6. The number of likely N-dealkylation sites (tertiary alicyclic amines) is 1. The molecular weight excluding hydrogens is 467 g/mol. The highest BCUT2D eigenvalue weighted by Crippen LogP contribution is 2.57. The molecule has 3 aromatic rings. The molecule has 2 aliphatic rings. The fraction of sp³-hybridized carbons (Fsp3) is 0.296. The predicted molar refractivity (Wildman–Crippen MR) is 133 cm³/mol. The first kappa shape index (κ1) is 23.3. The minimum atomic E-state index is -0.615. The van der Waals surface area contributed by atoms with Crippen LogP contribution in [0.2, 0.25) is 5.02 Å². The molecule has 180 valence electrons. The number of aromatic nitrogens is 1. The Morgan fingerprint density at radius 1 is 1.11 bits per heavy atom. The quantitative estimate of drug-likeness (QED) is 0.488. The molecule has 8 heteroatoms. The number of anilines is 1. The number of nitrogens with zero attached hydrogens (tertiary/aromatic N) is 3. The summed E-state index contributed by atoms with van der Waals surface area (Å²) < 4.78 is 13.2. The Morgan fingerprint density at radius 3 is 2.51 bits per heavy atom. The normalized spacial score (nSPS) is 19.9. The largest absolute Gasteiger partial charge is 0.331 e. The lowest BCUT2D eigenvalue weighted by atomic mass is 9.63. The van der Waals surface area contributed by atoms with E-state index in [0.29, 0.717) is 31.0 Å². The molecule has 1 aromatic heterocycles. The Morgan fingerprint density at radius 2 is 1.86 bits per heavy atom. The van der Waals surface area contributed by atoms with E-state index in [2.05, 4.69) is 10.3 Å². The van der Waals surface area contributed by atoms with Crippen LogP contribution in [0.1, 0.15) is 43.1 Å². The molecule has 0 aliphatic carbocycles. The van der Waals surface area contributed by atoms with Gasteiger partial charge in [-0.2, -0.15) is 0 Å². The Hall–Kier alpha value is -3.45. The lowest BCUT2D eigenvalue weighted by Gasteiger charge is -2.58. The van der Waals surface area contributed by atoms with E-state index >= 15 is 0 Å². The topological polar surface area (TPSA) is 65.5 Å². The number of β-lactam (4-membered cyclic amide) rings is 1. The molecule has 2 aliphatic heterocycles. The number of hydrogen-bond donors (Lipinski definition) is 1. The molecule has 3 amide bonds. The third-order valence-corrected chi connectivity index (χ3v) is 7.37.